The van der Waals surface area contributed by atoms with E-state index in [9.17, 15) is 0 Å². The number of aryl methyl sites for hydroxylation is 1. The molecule has 2 rings (SSSR count). The van der Waals surface area contributed by atoms with E-state index in [1.807, 2.05) is 0 Å². The molecule has 0 fully saturated rings. The van der Waals surface area contributed by atoms with E-state index >= 15 is 0 Å². The molecule has 0 saturated heterocycles. The van der Waals surface area contributed by atoms with Crippen LogP contribution in [0.25, 0.3) is 0 Å². The Balaban J connectivity index is 1.87. The minimum Gasteiger partial charge on any atom is -0.304 e. The molecular weight excluding hydrogens is 236 g/mol. The fraction of sp³-hybridized carbons (Fsp3) is 0.417. The first-order chi connectivity index (χ1) is 7.79. The van der Waals surface area contributed by atoms with Crippen molar-refractivity contribution < 1.29 is 0 Å². The standard InChI is InChI=1S/C12H16N2S2/c1-3-12-14-10(8-16-12)7-13-9(2)11-5-4-6-15-11/h4-6,8-9,13H,3,7H2,1-2H3/t9-/m1/s1. The quantitative estimate of drug-likeness (QED) is 0.879. The number of aromatic nitrogens is 1. The van der Waals surface area contributed by atoms with Crippen molar-refractivity contribution in [2.24, 2.45) is 0 Å². The van der Waals surface area contributed by atoms with E-state index < -0.39 is 0 Å². The fourth-order valence-corrected chi connectivity index (χ4v) is 2.99. The van der Waals surface area contributed by atoms with Crippen molar-refractivity contribution in [3.05, 3.63) is 38.5 Å². The highest BCUT2D eigenvalue weighted by atomic mass is 32.1. The highest BCUT2D eigenvalue weighted by molar-refractivity contribution is 7.10. The van der Waals surface area contributed by atoms with E-state index in [1.54, 1.807) is 22.7 Å². The molecule has 0 radical (unpaired) electrons. The predicted molar refractivity (Wildman–Crippen MR) is 71.1 cm³/mol. The monoisotopic (exact) mass is 252 g/mol. The molecule has 0 spiro atoms. The molecule has 2 heterocycles. The second-order valence-electron chi connectivity index (χ2n) is 3.70. The van der Waals surface area contributed by atoms with Crippen molar-refractivity contribution in [2.75, 3.05) is 0 Å². The number of rotatable bonds is 5. The Morgan fingerprint density at radius 2 is 2.31 bits per heavy atom. The van der Waals surface area contributed by atoms with E-state index in [0.717, 1.165) is 18.7 Å². The zero-order chi connectivity index (χ0) is 11.4. The molecule has 4 heteroatoms. The van der Waals surface area contributed by atoms with Crippen LogP contribution in [0.1, 0.15) is 35.5 Å². The molecule has 16 heavy (non-hydrogen) atoms. The molecule has 2 aromatic heterocycles. The van der Waals surface area contributed by atoms with E-state index in [2.05, 4.69) is 47.0 Å². The Kier molecular flexibility index (Phi) is 4.09. The second kappa shape index (κ2) is 5.57. The maximum atomic E-state index is 4.54. The molecule has 1 atom stereocenters. The number of nitrogens with zero attached hydrogens (tertiary/aromatic N) is 1. The first kappa shape index (κ1) is 11.8. The van der Waals surface area contributed by atoms with Gasteiger partial charge in [-0.3, -0.25) is 0 Å². The van der Waals surface area contributed by atoms with Gasteiger partial charge in [-0.15, -0.1) is 22.7 Å². The summed E-state index contributed by atoms with van der Waals surface area (Å²) >= 11 is 3.55. The Hall–Kier alpha value is -0.710. The lowest BCUT2D eigenvalue weighted by atomic mass is 10.2. The van der Waals surface area contributed by atoms with E-state index in [0.29, 0.717) is 6.04 Å². The first-order valence-corrected chi connectivity index (χ1v) is 7.25. The number of thiophene rings is 1. The summed E-state index contributed by atoms with van der Waals surface area (Å²) < 4.78 is 0. The topological polar surface area (TPSA) is 24.9 Å². The number of nitrogens with one attached hydrogen (secondary N) is 1. The van der Waals surface area contributed by atoms with Gasteiger partial charge in [0.25, 0.3) is 0 Å². The van der Waals surface area contributed by atoms with E-state index in [4.69, 9.17) is 0 Å². The third kappa shape index (κ3) is 2.90. The summed E-state index contributed by atoms with van der Waals surface area (Å²) in [5.41, 5.74) is 1.16. The number of thiazole rings is 1. The SMILES string of the molecule is CCc1nc(CN[C@H](C)c2cccs2)cs1. The summed E-state index contributed by atoms with van der Waals surface area (Å²) in [7, 11) is 0. The van der Waals surface area contributed by atoms with Gasteiger partial charge in [-0.2, -0.15) is 0 Å². The predicted octanol–water partition coefficient (Wildman–Crippen LogP) is 3.62. The van der Waals surface area contributed by atoms with Crippen LogP contribution >= 0.6 is 22.7 Å². The summed E-state index contributed by atoms with van der Waals surface area (Å²) in [5.74, 6) is 0. The summed E-state index contributed by atoms with van der Waals surface area (Å²) in [5, 5.41) is 8.98. The minimum atomic E-state index is 0.409. The molecule has 2 aromatic rings. The fourth-order valence-electron chi connectivity index (χ4n) is 1.49. The van der Waals surface area contributed by atoms with Gasteiger partial charge in [-0.05, 0) is 24.8 Å². The third-order valence-corrected chi connectivity index (χ3v) is 4.56. The highest BCUT2D eigenvalue weighted by Gasteiger charge is 2.06. The maximum absolute atomic E-state index is 4.54. The molecule has 0 amide bonds. The van der Waals surface area contributed by atoms with Crippen LogP contribution in [0, 0.1) is 0 Å². The number of hydrogen-bond donors (Lipinski definition) is 1. The van der Waals surface area contributed by atoms with E-state index in [1.165, 1.54) is 9.88 Å². The minimum absolute atomic E-state index is 0.409. The van der Waals surface area contributed by atoms with Gasteiger partial charge in [0.1, 0.15) is 0 Å². The van der Waals surface area contributed by atoms with Gasteiger partial charge in [0.05, 0.1) is 10.7 Å². The van der Waals surface area contributed by atoms with Crippen LogP contribution in [0.5, 0.6) is 0 Å². The van der Waals surface area contributed by atoms with E-state index in [-0.39, 0.29) is 0 Å². The van der Waals surface area contributed by atoms with Crippen molar-refractivity contribution in [3.8, 4) is 0 Å². The maximum Gasteiger partial charge on any atom is 0.0926 e. The molecule has 0 unspecified atom stereocenters. The van der Waals surface area contributed by atoms with Crippen molar-refractivity contribution >= 4 is 22.7 Å². The zero-order valence-electron chi connectivity index (χ0n) is 9.56. The lowest BCUT2D eigenvalue weighted by Gasteiger charge is -2.10. The van der Waals surface area contributed by atoms with Crippen LogP contribution in [-0.2, 0) is 13.0 Å². The van der Waals surface area contributed by atoms with Crippen LogP contribution in [0.4, 0.5) is 0 Å². The molecule has 0 aliphatic rings. The Bertz CT molecular complexity index is 420. The highest BCUT2D eigenvalue weighted by Crippen LogP contribution is 2.19. The molecule has 1 N–H and O–H groups in total. The van der Waals surface area contributed by atoms with Crippen LogP contribution < -0.4 is 5.32 Å². The van der Waals surface area contributed by atoms with Gasteiger partial charge in [-0.25, -0.2) is 4.98 Å². The van der Waals surface area contributed by atoms with Crippen LogP contribution in [0.15, 0.2) is 22.9 Å². The van der Waals surface area contributed by atoms with Crippen molar-refractivity contribution in [1.29, 1.82) is 0 Å². The average molecular weight is 252 g/mol. The van der Waals surface area contributed by atoms with Crippen LogP contribution in [-0.4, -0.2) is 4.98 Å². The van der Waals surface area contributed by atoms with Crippen LogP contribution in [0.2, 0.25) is 0 Å². The molecule has 0 saturated carbocycles. The molecule has 2 nitrogen and oxygen atoms in total. The second-order valence-corrected chi connectivity index (χ2v) is 5.63. The lowest BCUT2D eigenvalue weighted by molar-refractivity contribution is 0.576. The average Bonchev–Trinajstić information content (AvgIpc) is 2.96. The summed E-state index contributed by atoms with van der Waals surface area (Å²) in [4.78, 5) is 5.92. The molecular formula is C12H16N2S2. The largest absolute Gasteiger partial charge is 0.304 e. The molecule has 0 aliphatic carbocycles. The Labute approximate surface area is 104 Å². The lowest BCUT2D eigenvalue weighted by Crippen LogP contribution is -2.17. The van der Waals surface area contributed by atoms with Crippen molar-refractivity contribution in [2.45, 2.75) is 32.9 Å². The number of hydrogen-bond acceptors (Lipinski definition) is 4. The third-order valence-electron chi connectivity index (χ3n) is 2.46. The van der Waals surface area contributed by atoms with Gasteiger partial charge in [-0.1, -0.05) is 13.0 Å². The first-order valence-electron chi connectivity index (χ1n) is 5.49. The smallest absolute Gasteiger partial charge is 0.0926 e. The Morgan fingerprint density at radius 3 is 2.94 bits per heavy atom. The molecule has 0 aliphatic heterocycles. The summed E-state index contributed by atoms with van der Waals surface area (Å²) in [6, 6.07) is 4.67. The Morgan fingerprint density at radius 1 is 1.44 bits per heavy atom. The molecule has 0 aromatic carbocycles. The van der Waals surface area contributed by atoms with Gasteiger partial charge in [0.2, 0.25) is 0 Å². The van der Waals surface area contributed by atoms with Gasteiger partial charge in [0, 0.05) is 22.8 Å². The van der Waals surface area contributed by atoms with Gasteiger partial charge >= 0.3 is 0 Å². The van der Waals surface area contributed by atoms with Crippen LogP contribution in [0.3, 0.4) is 0 Å². The zero-order valence-corrected chi connectivity index (χ0v) is 11.2. The summed E-state index contributed by atoms with van der Waals surface area (Å²) in [6.45, 7) is 5.19. The van der Waals surface area contributed by atoms with Gasteiger partial charge in [0.15, 0.2) is 0 Å². The van der Waals surface area contributed by atoms with Crippen molar-refractivity contribution in [1.82, 2.24) is 10.3 Å². The van der Waals surface area contributed by atoms with Crippen molar-refractivity contribution in [3.63, 3.8) is 0 Å². The van der Waals surface area contributed by atoms with Gasteiger partial charge < -0.3 is 5.32 Å². The summed E-state index contributed by atoms with van der Waals surface area (Å²) in [6.07, 6.45) is 1.03. The normalized spacial score (nSPS) is 12.9. The molecule has 0 bridgehead atoms. The molecule has 86 valence electrons.